The quantitative estimate of drug-likeness (QED) is 0.707. The van der Waals surface area contributed by atoms with Crippen molar-refractivity contribution in [3.05, 3.63) is 37.0 Å². The highest BCUT2D eigenvalue weighted by Gasteiger charge is 2.08. The highest BCUT2D eigenvalue weighted by Crippen LogP contribution is 2.05. The van der Waals surface area contributed by atoms with E-state index in [9.17, 15) is 4.79 Å². The van der Waals surface area contributed by atoms with E-state index >= 15 is 0 Å². The molecule has 0 aromatic carbocycles. The SMILES string of the molecule is [CH2]C(Cc1ccncc1)C(N)=O. The zero-order valence-electron chi connectivity index (χ0n) is 6.73. The van der Waals surface area contributed by atoms with Gasteiger partial charge < -0.3 is 5.73 Å². The third-order valence-corrected chi connectivity index (χ3v) is 1.63. The monoisotopic (exact) mass is 163 g/mol. The molecule has 1 aromatic rings. The summed E-state index contributed by atoms with van der Waals surface area (Å²) in [6.07, 6.45) is 3.95. The third-order valence-electron chi connectivity index (χ3n) is 1.63. The Bertz CT molecular complexity index is 258. The minimum Gasteiger partial charge on any atom is -0.369 e. The number of carbonyl (C=O) groups excluding carboxylic acids is 1. The van der Waals surface area contributed by atoms with Gasteiger partial charge in [-0.05, 0) is 31.0 Å². The smallest absolute Gasteiger partial charge is 0.220 e. The van der Waals surface area contributed by atoms with Crippen LogP contribution in [0.1, 0.15) is 5.56 Å². The van der Waals surface area contributed by atoms with Gasteiger partial charge in [0, 0.05) is 18.3 Å². The molecule has 0 aliphatic carbocycles. The summed E-state index contributed by atoms with van der Waals surface area (Å²) in [4.78, 5) is 14.5. The van der Waals surface area contributed by atoms with Crippen LogP contribution in [0.5, 0.6) is 0 Å². The van der Waals surface area contributed by atoms with Crippen molar-refractivity contribution < 1.29 is 4.79 Å². The minimum absolute atomic E-state index is 0.354. The highest BCUT2D eigenvalue weighted by molar-refractivity contribution is 5.77. The van der Waals surface area contributed by atoms with Gasteiger partial charge in [0.15, 0.2) is 0 Å². The number of nitrogens with zero attached hydrogens (tertiary/aromatic N) is 1. The van der Waals surface area contributed by atoms with Crippen molar-refractivity contribution in [2.45, 2.75) is 6.42 Å². The second-order valence-electron chi connectivity index (χ2n) is 2.66. The number of rotatable bonds is 3. The number of amides is 1. The summed E-state index contributed by atoms with van der Waals surface area (Å²) >= 11 is 0. The first-order valence-electron chi connectivity index (χ1n) is 3.71. The Morgan fingerprint density at radius 1 is 1.58 bits per heavy atom. The molecular formula is C9H11N2O. The molecule has 1 aromatic heterocycles. The van der Waals surface area contributed by atoms with E-state index in [-0.39, 0.29) is 11.8 Å². The molecule has 1 heterocycles. The maximum absolute atomic E-state index is 10.6. The third kappa shape index (κ3) is 2.34. The predicted molar refractivity (Wildman–Crippen MR) is 46.0 cm³/mol. The van der Waals surface area contributed by atoms with Crippen LogP contribution in [0, 0.1) is 12.8 Å². The minimum atomic E-state index is -0.369. The zero-order valence-corrected chi connectivity index (χ0v) is 6.73. The van der Waals surface area contributed by atoms with E-state index in [1.807, 2.05) is 12.1 Å². The van der Waals surface area contributed by atoms with Crippen LogP contribution in [0.4, 0.5) is 0 Å². The van der Waals surface area contributed by atoms with Gasteiger partial charge in [0.05, 0.1) is 0 Å². The van der Waals surface area contributed by atoms with Gasteiger partial charge in [-0.3, -0.25) is 9.78 Å². The number of primary amides is 1. The average Bonchev–Trinajstić information content (AvgIpc) is 2.06. The average molecular weight is 163 g/mol. The molecule has 0 bridgehead atoms. The van der Waals surface area contributed by atoms with Crippen LogP contribution in [0.25, 0.3) is 0 Å². The molecule has 0 spiro atoms. The zero-order chi connectivity index (χ0) is 8.97. The summed E-state index contributed by atoms with van der Waals surface area (Å²) in [6.45, 7) is 3.64. The van der Waals surface area contributed by atoms with Crippen LogP contribution in [0.2, 0.25) is 0 Å². The number of carbonyl (C=O) groups is 1. The summed E-state index contributed by atoms with van der Waals surface area (Å²) in [6, 6.07) is 3.70. The molecule has 1 radical (unpaired) electrons. The standard InChI is InChI=1S/C9H11N2O/c1-7(9(10)12)6-8-2-4-11-5-3-8/h2-5,7H,1,6H2,(H2,10,12). The summed E-state index contributed by atoms with van der Waals surface area (Å²) in [5, 5.41) is 0. The van der Waals surface area contributed by atoms with Crippen molar-refractivity contribution in [2.75, 3.05) is 0 Å². The molecule has 63 valence electrons. The lowest BCUT2D eigenvalue weighted by molar-refractivity contribution is -0.120. The molecule has 0 aliphatic rings. The molecule has 0 aliphatic heterocycles. The first-order valence-corrected chi connectivity index (χ1v) is 3.71. The van der Waals surface area contributed by atoms with Crippen LogP contribution in [0.3, 0.4) is 0 Å². The molecule has 1 unspecified atom stereocenters. The van der Waals surface area contributed by atoms with Gasteiger partial charge in [-0.2, -0.15) is 0 Å². The van der Waals surface area contributed by atoms with Crippen LogP contribution in [-0.2, 0) is 11.2 Å². The van der Waals surface area contributed by atoms with Crippen LogP contribution in [0.15, 0.2) is 24.5 Å². The van der Waals surface area contributed by atoms with Crippen molar-refractivity contribution in [1.29, 1.82) is 0 Å². The molecule has 1 atom stereocenters. The molecular weight excluding hydrogens is 152 g/mol. The highest BCUT2D eigenvalue weighted by atomic mass is 16.1. The van der Waals surface area contributed by atoms with Gasteiger partial charge in [-0.15, -0.1) is 0 Å². The summed E-state index contributed by atoms with van der Waals surface area (Å²) in [5.74, 6) is -0.723. The summed E-state index contributed by atoms with van der Waals surface area (Å²) < 4.78 is 0. The fourth-order valence-electron chi connectivity index (χ4n) is 0.904. The Kier molecular flexibility index (Phi) is 2.80. The van der Waals surface area contributed by atoms with Gasteiger partial charge >= 0.3 is 0 Å². The molecule has 0 saturated carbocycles. The van der Waals surface area contributed by atoms with E-state index in [0.717, 1.165) is 5.56 Å². The molecule has 1 rings (SSSR count). The van der Waals surface area contributed by atoms with Crippen LogP contribution >= 0.6 is 0 Å². The Morgan fingerprint density at radius 3 is 2.67 bits per heavy atom. The Hall–Kier alpha value is -1.38. The Labute approximate surface area is 71.6 Å². The maximum atomic E-state index is 10.6. The summed E-state index contributed by atoms with van der Waals surface area (Å²) in [7, 11) is 0. The van der Waals surface area contributed by atoms with E-state index < -0.39 is 0 Å². The van der Waals surface area contributed by atoms with Gasteiger partial charge in [-0.1, -0.05) is 0 Å². The number of nitrogens with two attached hydrogens (primary N) is 1. The van der Waals surface area contributed by atoms with Gasteiger partial charge in [0.1, 0.15) is 0 Å². The molecule has 3 heteroatoms. The second-order valence-corrected chi connectivity index (χ2v) is 2.66. The van der Waals surface area contributed by atoms with E-state index in [1.165, 1.54) is 0 Å². The fraction of sp³-hybridized carbons (Fsp3) is 0.222. The first kappa shape index (κ1) is 8.71. The van der Waals surface area contributed by atoms with Crippen LogP contribution in [-0.4, -0.2) is 10.9 Å². The number of aromatic nitrogens is 1. The first-order chi connectivity index (χ1) is 5.70. The Morgan fingerprint density at radius 2 is 2.17 bits per heavy atom. The van der Waals surface area contributed by atoms with Crippen LogP contribution < -0.4 is 5.73 Å². The van der Waals surface area contributed by atoms with Crippen molar-refractivity contribution in [3.63, 3.8) is 0 Å². The molecule has 3 nitrogen and oxygen atoms in total. The second kappa shape index (κ2) is 3.85. The number of hydrogen-bond acceptors (Lipinski definition) is 2. The number of pyridine rings is 1. The largest absolute Gasteiger partial charge is 0.369 e. The fourth-order valence-corrected chi connectivity index (χ4v) is 0.904. The lowest BCUT2D eigenvalue weighted by atomic mass is 10.0. The van der Waals surface area contributed by atoms with Crippen molar-refractivity contribution in [2.24, 2.45) is 11.7 Å². The van der Waals surface area contributed by atoms with E-state index in [0.29, 0.717) is 6.42 Å². The molecule has 12 heavy (non-hydrogen) atoms. The van der Waals surface area contributed by atoms with Crippen molar-refractivity contribution >= 4 is 5.91 Å². The molecule has 0 fully saturated rings. The predicted octanol–water partition coefficient (Wildman–Crippen LogP) is 0.560. The van der Waals surface area contributed by atoms with E-state index in [4.69, 9.17) is 5.73 Å². The lowest BCUT2D eigenvalue weighted by Crippen LogP contribution is -2.22. The topological polar surface area (TPSA) is 56.0 Å². The van der Waals surface area contributed by atoms with E-state index in [2.05, 4.69) is 11.9 Å². The van der Waals surface area contributed by atoms with Gasteiger partial charge in [0.25, 0.3) is 0 Å². The normalized spacial score (nSPS) is 12.4. The molecule has 1 amide bonds. The van der Waals surface area contributed by atoms with Gasteiger partial charge in [-0.25, -0.2) is 0 Å². The lowest BCUT2D eigenvalue weighted by Gasteiger charge is -2.05. The summed E-state index contributed by atoms with van der Waals surface area (Å²) in [5.41, 5.74) is 6.10. The maximum Gasteiger partial charge on any atom is 0.220 e. The molecule has 2 N–H and O–H groups in total. The molecule has 0 saturated heterocycles. The van der Waals surface area contributed by atoms with E-state index in [1.54, 1.807) is 12.4 Å². The van der Waals surface area contributed by atoms with Crippen molar-refractivity contribution in [3.8, 4) is 0 Å². The Balaban J connectivity index is 2.58. The number of hydrogen-bond donors (Lipinski definition) is 1. The van der Waals surface area contributed by atoms with Crippen molar-refractivity contribution in [1.82, 2.24) is 4.98 Å². The van der Waals surface area contributed by atoms with Gasteiger partial charge in [0.2, 0.25) is 5.91 Å².